The van der Waals surface area contributed by atoms with Crippen LogP contribution in [0.25, 0.3) is 0 Å². The molecule has 3 rings (SSSR count). The van der Waals surface area contributed by atoms with Crippen LogP contribution in [-0.4, -0.2) is 27.4 Å². The van der Waals surface area contributed by atoms with Gasteiger partial charge in [0.25, 0.3) is 0 Å². The summed E-state index contributed by atoms with van der Waals surface area (Å²) >= 11 is 0. The van der Waals surface area contributed by atoms with Crippen molar-refractivity contribution in [2.24, 2.45) is 5.92 Å². The van der Waals surface area contributed by atoms with E-state index in [0.29, 0.717) is 19.0 Å². The molecule has 0 bridgehead atoms. The molecule has 1 aromatic carbocycles. The molecule has 1 N–H and O–H groups in total. The maximum Gasteiger partial charge on any atom is 0.346 e. The van der Waals surface area contributed by atoms with Crippen molar-refractivity contribution in [2.75, 3.05) is 13.1 Å². The van der Waals surface area contributed by atoms with Crippen LogP contribution in [-0.2, 0) is 19.5 Å². The lowest BCUT2D eigenvalue weighted by molar-refractivity contribution is 0.362. The number of aryl methyl sites for hydroxylation is 2. The summed E-state index contributed by atoms with van der Waals surface area (Å²) in [5, 5.41) is 8.07. The molecule has 0 amide bonds. The second-order valence-corrected chi connectivity index (χ2v) is 6.99. The number of nitrogens with zero attached hydrogens (tertiary/aromatic N) is 3. The zero-order valence-electron chi connectivity index (χ0n) is 15.0. The fourth-order valence-electron chi connectivity index (χ4n) is 3.73. The smallest absolute Gasteiger partial charge is 0.317 e. The van der Waals surface area contributed by atoms with Crippen LogP contribution < -0.4 is 11.0 Å². The van der Waals surface area contributed by atoms with Crippen LogP contribution in [0.4, 0.5) is 0 Å². The molecular weight excluding hydrogens is 300 g/mol. The third-order valence-corrected chi connectivity index (χ3v) is 4.86. The van der Waals surface area contributed by atoms with E-state index in [1.165, 1.54) is 24.0 Å². The SMILES string of the molecule is CCn1c(CC2CCNCC2)nn(Cc2cc(C)cc(C)c2)c1=O. The summed E-state index contributed by atoms with van der Waals surface area (Å²) in [6.45, 7) is 9.59. The minimum atomic E-state index is 0.0144. The highest BCUT2D eigenvalue weighted by atomic mass is 16.2. The molecule has 0 atom stereocenters. The highest BCUT2D eigenvalue weighted by Gasteiger charge is 2.19. The van der Waals surface area contributed by atoms with Gasteiger partial charge in [0.15, 0.2) is 0 Å². The molecule has 1 fully saturated rings. The lowest BCUT2D eigenvalue weighted by Gasteiger charge is -2.21. The maximum atomic E-state index is 12.7. The van der Waals surface area contributed by atoms with Crippen LogP contribution in [0.15, 0.2) is 23.0 Å². The zero-order chi connectivity index (χ0) is 17.1. The van der Waals surface area contributed by atoms with Gasteiger partial charge in [0.2, 0.25) is 0 Å². The van der Waals surface area contributed by atoms with E-state index in [4.69, 9.17) is 0 Å². The first-order chi connectivity index (χ1) is 11.6. The Hall–Kier alpha value is -1.88. The largest absolute Gasteiger partial charge is 0.346 e. The summed E-state index contributed by atoms with van der Waals surface area (Å²) in [7, 11) is 0. The molecule has 5 nitrogen and oxygen atoms in total. The van der Waals surface area contributed by atoms with Gasteiger partial charge in [-0.2, -0.15) is 5.10 Å². The quantitative estimate of drug-likeness (QED) is 0.916. The Balaban J connectivity index is 1.84. The molecule has 5 heteroatoms. The van der Waals surface area contributed by atoms with Crippen LogP contribution in [0.3, 0.4) is 0 Å². The van der Waals surface area contributed by atoms with E-state index in [2.05, 4.69) is 42.5 Å². The van der Waals surface area contributed by atoms with Crippen molar-refractivity contribution >= 4 is 0 Å². The minimum Gasteiger partial charge on any atom is -0.317 e. The summed E-state index contributed by atoms with van der Waals surface area (Å²) in [4.78, 5) is 12.7. The lowest BCUT2D eigenvalue weighted by atomic mass is 9.94. The Kier molecular flexibility index (Phi) is 5.19. The Bertz CT molecular complexity index is 733. The first-order valence-corrected chi connectivity index (χ1v) is 9.01. The van der Waals surface area contributed by atoms with Gasteiger partial charge in [0, 0.05) is 13.0 Å². The van der Waals surface area contributed by atoms with Gasteiger partial charge in [-0.25, -0.2) is 9.48 Å². The van der Waals surface area contributed by atoms with Crippen molar-refractivity contribution < 1.29 is 0 Å². The molecule has 1 saturated heterocycles. The Morgan fingerprint density at radius 2 is 1.83 bits per heavy atom. The number of nitrogens with one attached hydrogen (secondary N) is 1. The van der Waals surface area contributed by atoms with Crippen molar-refractivity contribution in [1.29, 1.82) is 0 Å². The molecule has 1 aliphatic heterocycles. The molecule has 1 aromatic heterocycles. The fraction of sp³-hybridized carbons (Fsp3) is 0.579. The molecule has 130 valence electrons. The number of benzene rings is 1. The van der Waals surface area contributed by atoms with Crippen LogP contribution in [0, 0.1) is 19.8 Å². The van der Waals surface area contributed by atoms with Crippen molar-refractivity contribution in [2.45, 2.75) is 53.1 Å². The number of hydrogen-bond donors (Lipinski definition) is 1. The number of hydrogen-bond acceptors (Lipinski definition) is 3. The van der Waals surface area contributed by atoms with Gasteiger partial charge in [0.1, 0.15) is 5.82 Å². The summed E-state index contributed by atoms with van der Waals surface area (Å²) in [5.74, 6) is 1.58. The predicted octanol–water partition coefficient (Wildman–Crippen LogP) is 2.27. The number of piperidine rings is 1. The van der Waals surface area contributed by atoms with E-state index in [9.17, 15) is 4.79 Å². The molecule has 0 unspecified atom stereocenters. The maximum absolute atomic E-state index is 12.7. The van der Waals surface area contributed by atoms with Crippen molar-refractivity contribution in [1.82, 2.24) is 19.7 Å². The van der Waals surface area contributed by atoms with Crippen molar-refractivity contribution in [3.05, 3.63) is 51.2 Å². The summed E-state index contributed by atoms with van der Waals surface area (Å²) < 4.78 is 3.47. The molecule has 0 spiro atoms. The number of rotatable bonds is 5. The van der Waals surface area contributed by atoms with Crippen LogP contribution >= 0.6 is 0 Å². The van der Waals surface area contributed by atoms with Gasteiger partial charge in [-0.15, -0.1) is 0 Å². The summed E-state index contributed by atoms with van der Waals surface area (Å²) in [6, 6.07) is 6.42. The molecule has 2 aromatic rings. The van der Waals surface area contributed by atoms with Gasteiger partial charge in [-0.1, -0.05) is 29.3 Å². The molecule has 2 heterocycles. The molecular formula is C19H28N4O. The van der Waals surface area contributed by atoms with Gasteiger partial charge >= 0.3 is 5.69 Å². The van der Waals surface area contributed by atoms with E-state index < -0.39 is 0 Å². The Morgan fingerprint density at radius 1 is 1.17 bits per heavy atom. The topological polar surface area (TPSA) is 51.9 Å². The second-order valence-electron chi connectivity index (χ2n) is 6.99. The molecule has 24 heavy (non-hydrogen) atoms. The zero-order valence-corrected chi connectivity index (χ0v) is 15.0. The fourth-order valence-corrected chi connectivity index (χ4v) is 3.73. The van der Waals surface area contributed by atoms with Gasteiger partial charge < -0.3 is 5.32 Å². The van der Waals surface area contributed by atoms with E-state index >= 15 is 0 Å². The average molecular weight is 328 g/mol. The summed E-state index contributed by atoms with van der Waals surface area (Å²) in [6.07, 6.45) is 3.24. The van der Waals surface area contributed by atoms with E-state index in [1.54, 1.807) is 4.68 Å². The molecule has 0 saturated carbocycles. The standard InChI is InChI=1S/C19H28N4O/c1-4-22-18(12-16-5-7-20-8-6-16)21-23(19(22)24)13-17-10-14(2)9-15(3)11-17/h9-11,16,20H,4-8,12-13H2,1-3H3. The highest BCUT2D eigenvalue weighted by Crippen LogP contribution is 2.17. The average Bonchev–Trinajstić information content (AvgIpc) is 2.82. The molecule has 1 aliphatic rings. The summed E-state index contributed by atoms with van der Waals surface area (Å²) in [5.41, 5.74) is 3.61. The van der Waals surface area contributed by atoms with E-state index in [1.807, 2.05) is 11.5 Å². The first-order valence-electron chi connectivity index (χ1n) is 9.01. The highest BCUT2D eigenvalue weighted by molar-refractivity contribution is 5.28. The minimum absolute atomic E-state index is 0.0144. The van der Waals surface area contributed by atoms with Gasteiger partial charge in [-0.05, 0) is 58.2 Å². The van der Waals surface area contributed by atoms with Crippen molar-refractivity contribution in [3.63, 3.8) is 0 Å². The Morgan fingerprint density at radius 3 is 2.46 bits per heavy atom. The third kappa shape index (κ3) is 3.78. The molecule has 0 radical (unpaired) electrons. The van der Waals surface area contributed by atoms with Gasteiger partial charge in [0.05, 0.1) is 6.54 Å². The predicted molar refractivity (Wildman–Crippen MR) is 96.5 cm³/mol. The van der Waals surface area contributed by atoms with Crippen LogP contribution in [0.2, 0.25) is 0 Å². The van der Waals surface area contributed by atoms with Crippen molar-refractivity contribution in [3.8, 4) is 0 Å². The van der Waals surface area contributed by atoms with Crippen LogP contribution in [0.1, 0.15) is 42.3 Å². The first kappa shape index (κ1) is 17.0. The third-order valence-electron chi connectivity index (χ3n) is 4.86. The van der Waals surface area contributed by atoms with E-state index in [0.717, 1.165) is 30.9 Å². The van der Waals surface area contributed by atoms with Gasteiger partial charge in [-0.3, -0.25) is 4.57 Å². The molecule has 0 aliphatic carbocycles. The lowest BCUT2D eigenvalue weighted by Crippen LogP contribution is -2.30. The van der Waals surface area contributed by atoms with E-state index in [-0.39, 0.29) is 5.69 Å². The number of aromatic nitrogens is 3. The van der Waals surface area contributed by atoms with Crippen LogP contribution in [0.5, 0.6) is 0 Å². The monoisotopic (exact) mass is 328 g/mol. The normalized spacial score (nSPS) is 15.8. The Labute approximate surface area is 143 Å². The second kappa shape index (κ2) is 7.34.